The zero-order chi connectivity index (χ0) is 21.1. The largest absolute Gasteiger partial charge is 0.486 e. The van der Waals surface area contributed by atoms with Gasteiger partial charge in [0.05, 0.1) is 12.5 Å². The van der Waals surface area contributed by atoms with Crippen molar-refractivity contribution in [1.82, 2.24) is 4.90 Å². The molecule has 0 saturated carbocycles. The number of carbonyl (C=O) groups excluding carboxylic acids is 3. The van der Waals surface area contributed by atoms with Gasteiger partial charge in [0.2, 0.25) is 5.91 Å². The van der Waals surface area contributed by atoms with Crippen molar-refractivity contribution in [3.63, 3.8) is 0 Å². The van der Waals surface area contributed by atoms with Gasteiger partial charge >= 0.3 is 5.97 Å². The normalized spacial score (nSPS) is 16.6. The zero-order valence-corrected chi connectivity index (χ0v) is 16.5. The lowest BCUT2D eigenvalue weighted by molar-refractivity contribution is -0.144. The number of nitrogens with zero attached hydrogens (tertiary/aromatic N) is 1. The van der Waals surface area contributed by atoms with Crippen LogP contribution in [0.15, 0.2) is 48.7 Å². The first-order valence-corrected chi connectivity index (χ1v) is 9.67. The molecule has 0 fully saturated rings. The minimum atomic E-state index is -0.553. The van der Waals surface area contributed by atoms with Crippen LogP contribution in [0.25, 0.3) is 6.08 Å². The standard InChI is InChI=1S/C23H21NO6/c1-15(25)24-9-8-16-4-2-3-5-18(16)19(24)13-23(27)30-14-20(26)17-6-7-21-22(12-17)29-11-10-28-21/h2-9,12,19H,10-11,13-14H2,1H3/t19-/m1/s1. The number of hydrogen-bond acceptors (Lipinski definition) is 6. The van der Waals surface area contributed by atoms with Crippen LogP contribution in [-0.2, 0) is 14.3 Å². The fraction of sp³-hybridized carbons (Fsp3) is 0.261. The van der Waals surface area contributed by atoms with Crippen molar-refractivity contribution in [3.8, 4) is 11.5 Å². The molecule has 2 aromatic carbocycles. The molecule has 30 heavy (non-hydrogen) atoms. The minimum absolute atomic E-state index is 0.0463. The van der Waals surface area contributed by atoms with Crippen molar-refractivity contribution in [2.24, 2.45) is 0 Å². The number of esters is 1. The van der Waals surface area contributed by atoms with Gasteiger partial charge in [-0.2, -0.15) is 0 Å². The molecule has 154 valence electrons. The Balaban J connectivity index is 1.41. The number of ether oxygens (including phenoxy) is 3. The van der Waals surface area contributed by atoms with Crippen molar-refractivity contribution < 1.29 is 28.6 Å². The van der Waals surface area contributed by atoms with E-state index in [4.69, 9.17) is 14.2 Å². The van der Waals surface area contributed by atoms with Gasteiger partial charge in [0, 0.05) is 18.7 Å². The zero-order valence-electron chi connectivity index (χ0n) is 16.5. The fourth-order valence-corrected chi connectivity index (χ4v) is 3.58. The number of ketones is 1. The predicted molar refractivity (Wildman–Crippen MR) is 108 cm³/mol. The van der Waals surface area contributed by atoms with Crippen LogP contribution in [0.3, 0.4) is 0 Å². The lowest BCUT2D eigenvalue weighted by Crippen LogP contribution is -2.32. The van der Waals surface area contributed by atoms with Crippen LogP contribution in [0, 0.1) is 0 Å². The molecular formula is C23H21NO6. The molecule has 7 nitrogen and oxygen atoms in total. The Labute approximate surface area is 173 Å². The van der Waals surface area contributed by atoms with Crippen LogP contribution in [-0.4, -0.2) is 42.4 Å². The summed E-state index contributed by atoms with van der Waals surface area (Å²) < 4.78 is 16.1. The topological polar surface area (TPSA) is 82.1 Å². The first-order chi connectivity index (χ1) is 14.5. The molecule has 0 aliphatic carbocycles. The number of hydrogen-bond donors (Lipinski definition) is 0. The molecule has 0 spiro atoms. The molecule has 2 heterocycles. The van der Waals surface area contributed by atoms with Crippen LogP contribution in [0.5, 0.6) is 11.5 Å². The van der Waals surface area contributed by atoms with Crippen molar-refractivity contribution in [2.75, 3.05) is 19.8 Å². The summed E-state index contributed by atoms with van der Waals surface area (Å²) in [5.74, 6) is 0.0186. The molecule has 2 aromatic rings. The third-order valence-corrected chi connectivity index (χ3v) is 5.06. The predicted octanol–water partition coefficient (Wildman–Crippen LogP) is 3.15. The third-order valence-electron chi connectivity index (χ3n) is 5.06. The summed E-state index contributed by atoms with van der Waals surface area (Å²) in [4.78, 5) is 38.4. The molecule has 0 bridgehead atoms. The summed E-state index contributed by atoms with van der Waals surface area (Å²) in [6.45, 7) is 1.95. The molecule has 7 heteroatoms. The van der Waals surface area contributed by atoms with Gasteiger partial charge in [-0.15, -0.1) is 0 Å². The van der Waals surface area contributed by atoms with E-state index in [-0.39, 0.29) is 24.7 Å². The Bertz CT molecular complexity index is 1030. The summed E-state index contributed by atoms with van der Waals surface area (Å²) in [7, 11) is 0. The van der Waals surface area contributed by atoms with E-state index in [1.54, 1.807) is 24.4 Å². The highest BCUT2D eigenvalue weighted by atomic mass is 16.6. The van der Waals surface area contributed by atoms with Gasteiger partial charge in [0.25, 0.3) is 0 Å². The van der Waals surface area contributed by atoms with Crippen molar-refractivity contribution in [3.05, 3.63) is 65.4 Å². The third kappa shape index (κ3) is 4.05. The van der Waals surface area contributed by atoms with E-state index in [0.717, 1.165) is 11.1 Å². The number of carbonyl (C=O) groups is 3. The average molecular weight is 407 g/mol. The molecule has 1 atom stereocenters. The molecule has 4 rings (SSSR count). The summed E-state index contributed by atoms with van der Waals surface area (Å²) in [6, 6.07) is 12.0. The SMILES string of the molecule is CC(=O)N1C=Cc2ccccc2[C@H]1CC(=O)OCC(=O)c1ccc2c(c1)OCCO2. The first-order valence-electron chi connectivity index (χ1n) is 9.67. The maximum atomic E-state index is 12.5. The Morgan fingerprint density at radius 1 is 1.07 bits per heavy atom. The van der Waals surface area contributed by atoms with E-state index in [2.05, 4.69) is 0 Å². The van der Waals surface area contributed by atoms with Gasteiger partial charge in [-0.05, 0) is 35.4 Å². The Morgan fingerprint density at radius 3 is 2.63 bits per heavy atom. The smallest absolute Gasteiger partial charge is 0.308 e. The van der Waals surface area contributed by atoms with Crippen LogP contribution in [0.4, 0.5) is 0 Å². The van der Waals surface area contributed by atoms with Crippen LogP contribution in [0.1, 0.15) is 40.9 Å². The van der Waals surface area contributed by atoms with Crippen LogP contribution < -0.4 is 9.47 Å². The van der Waals surface area contributed by atoms with E-state index < -0.39 is 12.0 Å². The van der Waals surface area contributed by atoms with Crippen molar-refractivity contribution in [1.29, 1.82) is 0 Å². The van der Waals surface area contributed by atoms with E-state index >= 15 is 0 Å². The van der Waals surface area contributed by atoms with E-state index in [9.17, 15) is 14.4 Å². The van der Waals surface area contributed by atoms with Gasteiger partial charge < -0.3 is 19.1 Å². The number of fused-ring (bicyclic) bond motifs is 2. The Morgan fingerprint density at radius 2 is 1.83 bits per heavy atom. The van der Waals surface area contributed by atoms with Gasteiger partial charge in [0.15, 0.2) is 23.9 Å². The molecule has 0 unspecified atom stereocenters. The van der Waals surface area contributed by atoms with E-state index in [0.29, 0.717) is 30.3 Å². The Hall–Kier alpha value is -3.61. The molecule has 2 aliphatic heterocycles. The van der Waals surface area contributed by atoms with E-state index in [1.807, 2.05) is 30.3 Å². The number of Topliss-reactive ketones (excluding diaryl/α,β-unsaturated/α-hetero) is 1. The molecule has 1 amide bonds. The van der Waals surface area contributed by atoms with Gasteiger partial charge in [0.1, 0.15) is 13.2 Å². The van der Waals surface area contributed by atoms with Crippen molar-refractivity contribution >= 4 is 23.7 Å². The maximum Gasteiger partial charge on any atom is 0.308 e. The van der Waals surface area contributed by atoms with Gasteiger partial charge in [-0.25, -0.2) is 0 Å². The summed E-state index contributed by atoms with van der Waals surface area (Å²) in [5, 5.41) is 0. The molecule has 0 saturated heterocycles. The maximum absolute atomic E-state index is 12.5. The summed E-state index contributed by atoms with van der Waals surface area (Å²) in [6.07, 6.45) is 3.46. The van der Waals surface area contributed by atoms with Crippen molar-refractivity contribution in [2.45, 2.75) is 19.4 Å². The van der Waals surface area contributed by atoms with Gasteiger partial charge in [-0.3, -0.25) is 14.4 Å². The van der Waals surface area contributed by atoms with Crippen LogP contribution in [0.2, 0.25) is 0 Å². The number of rotatable bonds is 5. The lowest BCUT2D eigenvalue weighted by atomic mass is 9.94. The first kappa shape index (κ1) is 19.7. The van der Waals surface area contributed by atoms with Gasteiger partial charge in [-0.1, -0.05) is 24.3 Å². The van der Waals surface area contributed by atoms with E-state index in [1.165, 1.54) is 11.8 Å². The van der Waals surface area contributed by atoms with Crippen LogP contribution >= 0.6 is 0 Å². The molecule has 2 aliphatic rings. The average Bonchev–Trinajstić information content (AvgIpc) is 2.77. The fourth-order valence-electron chi connectivity index (χ4n) is 3.58. The molecule has 0 radical (unpaired) electrons. The second-order valence-corrected chi connectivity index (χ2v) is 7.03. The highest BCUT2D eigenvalue weighted by molar-refractivity contribution is 5.98. The second kappa shape index (κ2) is 8.41. The molecular weight excluding hydrogens is 386 g/mol. The molecule has 0 N–H and O–H groups in total. The lowest BCUT2D eigenvalue weighted by Gasteiger charge is -2.32. The number of amides is 1. The summed E-state index contributed by atoms with van der Waals surface area (Å²) in [5.41, 5.74) is 2.19. The highest BCUT2D eigenvalue weighted by Gasteiger charge is 2.29. The number of benzene rings is 2. The minimum Gasteiger partial charge on any atom is -0.486 e. The molecule has 0 aromatic heterocycles. The monoisotopic (exact) mass is 407 g/mol. The quantitative estimate of drug-likeness (QED) is 0.559. The summed E-state index contributed by atoms with van der Waals surface area (Å²) >= 11 is 0. The highest BCUT2D eigenvalue weighted by Crippen LogP contribution is 2.33. The Kier molecular flexibility index (Phi) is 5.52. The second-order valence-electron chi connectivity index (χ2n) is 7.03.